The molecule has 3 aromatic rings. The lowest BCUT2D eigenvalue weighted by Crippen LogP contribution is -2.38. The molecule has 1 fully saturated rings. The molecule has 0 atom stereocenters. The quantitative estimate of drug-likeness (QED) is 0.381. The summed E-state index contributed by atoms with van der Waals surface area (Å²) in [6, 6.07) is 10.1. The predicted octanol–water partition coefficient (Wildman–Crippen LogP) is 5.28. The van der Waals surface area contributed by atoms with Gasteiger partial charge in [0.25, 0.3) is 0 Å². The Kier molecular flexibility index (Phi) is 6.95. The molecule has 0 unspecified atom stereocenters. The first kappa shape index (κ1) is 24.5. The second kappa shape index (κ2) is 9.93. The largest absolute Gasteiger partial charge is 0.494 e. The van der Waals surface area contributed by atoms with Gasteiger partial charge < -0.3 is 14.2 Å². The summed E-state index contributed by atoms with van der Waals surface area (Å²) in [5.41, 5.74) is 1.16. The minimum atomic E-state index is -4.68. The molecule has 0 N–H and O–H groups in total. The first-order valence-corrected chi connectivity index (χ1v) is 11.2. The molecule has 1 aliphatic heterocycles. The number of pyridine rings is 1. The minimum absolute atomic E-state index is 0.00423. The van der Waals surface area contributed by atoms with E-state index in [0.717, 1.165) is 18.5 Å². The van der Waals surface area contributed by atoms with E-state index in [4.69, 9.17) is 4.74 Å². The summed E-state index contributed by atoms with van der Waals surface area (Å²) < 4.78 is 47.9. The van der Waals surface area contributed by atoms with Crippen LogP contribution in [-0.4, -0.2) is 52.3 Å². The predicted molar refractivity (Wildman–Crippen MR) is 122 cm³/mol. The molecule has 0 saturated carbocycles. The molecule has 0 bridgehead atoms. The minimum Gasteiger partial charge on any atom is -0.494 e. The number of carbonyl (C=O) groups excluding carboxylic acids is 1. The molecular formula is C24H26F3N5O3. The molecule has 186 valence electrons. The van der Waals surface area contributed by atoms with Gasteiger partial charge in [0.2, 0.25) is 5.82 Å². The van der Waals surface area contributed by atoms with Crippen molar-refractivity contribution in [3.8, 4) is 17.1 Å². The van der Waals surface area contributed by atoms with Crippen LogP contribution in [-0.2, 0) is 6.18 Å². The molecule has 0 radical (unpaired) electrons. The fourth-order valence-electron chi connectivity index (χ4n) is 3.99. The number of hydrogen-bond donors (Lipinski definition) is 0. The monoisotopic (exact) mass is 489 g/mol. The summed E-state index contributed by atoms with van der Waals surface area (Å²) in [4.78, 5) is 23.8. The Morgan fingerprint density at radius 3 is 2.43 bits per heavy atom. The molecule has 2 amide bonds. The third-order valence-electron chi connectivity index (χ3n) is 5.74. The van der Waals surface area contributed by atoms with E-state index in [0.29, 0.717) is 37.6 Å². The van der Waals surface area contributed by atoms with Crippen LogP contribution in [0, 0.1) is 5.41 Å². The summed E-state index contributed by atoms with van der Waals surface area (Å²) in [6.45, 7) is 6.71. The molecule has 0 spiro atoms. The van der Waals surface area contributed by atoms with Crippen molar-refractivity contribution in [1.29, 1.82) is 0 Å². The molecule has 3 heterocycles. The van der Waals surface area contributed by atoms with Gasteiger partial charge in [0.05, 0.1) is 6.61 Å². The lowest BCUT2D eigenvalue weighted by molar-refractivity contribution is -0.159. The van der Waals surface area contributed by atoms with E-state index in [1.807, 2.05) is 17.0 Å². The van der Waals surface area contributed by atoms with E-state index in [-0.39, 0.29) is 17.3 Å². The highest BCUT2D eigenvalue weighted by atomic mass is 19.4. The molecule has 4 rings (SSSR count). The zero-order valence-electron chi connectivity index (χ0n) is 19.5. The Hall–Kier alpha value is -3.63. The van der Waals surface area contributed by atoms with Gasteiger partial charge in [0.1, 0.15) is 5.75 Å². The highest BCUT2D eigenvalue weighted by Crippen LogP contribution is 2.30. The normalized spacial score (nSPS) is 14.6. The maximum Gasteiger partial charge on any atom is 0.471 e. The fraction of sp³-hybridized carbons (Fsp3) is 0.417. The van der Waals surface area contributed by atoms with E-state index in [1.165, 1.54) is 0 Å². The summed E-state index contributed by atoms with van der Waals surface area (Å²) >= 11 is 0. The molecular weight excluding hydrogens is 463 g/mol. The Morgan fingerprint density at radius 1 is 1.06 bits per heavy atom. The number of carbonyl (C=O) groups is 1. The van der Waals surface area contributed by atoms with Crippen LogP contribution in [0.5, 0.6) is 5.75 Å². The van der Waals surface area contributed by atoms with Crippen molar-refractivity contribution in [1.82, 2.24) is 20.0 Å². The Bertz CT molecular complexity index is 1130. The fourth-order valence-corrected chi connectivity index (χ4v) is 3.99. The number of aromatic nitrogens is 3. The number of hydrogen-bond acceptors (Lipinski definition) is 6. The second-order valence-electron chi connectivity index (χ2n) is 9.12. The van der Waals surface area contributed by atoms with Crippen molar-refractivity contribution in [2.24, 2.45) is 5.41 Å². The molecule has 2 aromatic heterocycles. The van der Waals surface area contributed by atoms with Crippen LogP contribution >= 0.6 is 0 Å². The van der Waals surface area contributed by atoms with Gasteiger partial charge in [0.15, 0.2) is 0 Å². The molecule has 11 heteroatoms. The number of alkyl halides is 3. The van der Waals surface area contributed by atoms with Gasteiger partial charge in [-0.1, -0.05) is 19.0 Å². The maximum absolute atomic E-state index is 12.8. The molecule has 0 aliphatic carbocycles. The third-order valence-corrected chi connectivity index (χ3v) is 5.74. The molecule has 1 saturated heterocycles. The van der Waals surface area contributed by atoms with Gasteiger partial charge >= 0.3 is 18.1 Å². The number of halogens is 3. The average molecular weight is 489 g/mol. The van der Waals surface area contributed by atoms with E-state index in [2.05, 4.69) is 33.5 Å². The number of nitrogens with zero attached hydrogens (tertiary/aromatic N) is 5. The van der Waals surface area contributed by atoms with Gasteiger partial charge in [-0.2, -0.15) is 18.2 Å². The zero-order valence-corrected chi connectivity index (χ0v) is 19.5. The number of urea groups is 1. The summed E-state index contributed by atoms with van der Waals surface area (Å²) in [5, 5.41) is 3.37. The Balaban J connectivity index is 1.22. The van der Waals surface area contributed by atoms with Crippen molar-refractivity contribution in [3.05, 3.63) is 54.7 Å². The van der Waals surface area contributed by atoms with Crippen LogP contribution in [0.25, 0.3) is 11.4 Å². The maximum atomic E-state index is 12.8. The highest BCUT2D eigenvalue weighted by molar-refractivity contribution is 5.94. The number of anilines is 1. The summed E-state index contributed by atoms with van der Waals surface area (Å²) in [6.07, 6.45) is 0.316. The molecule has 1 aliphatic rings. The van der Waals surface area contributed by atoms with Crippen LogP contribution in [0.15, 0.2) is 53.3 Å². The van der Waals surface area contributed by atoms with Crippen LogP contribution < -0.4 is 9.64 Å². The smallest absolute Gasteiger partial charge is 0.471 e. The van der Waals surface area contributed by atoms with E-state index in [9.17, 15) is 18.0 Å². The van der Waals surface area contributed by atoms with Crippen LogP contribution in [0.1, 0.15) is 32.6 Å². The van der Waals surface area contributed by atoms with E-state index in [1.54, 1.807) is 41.6 Å². The van der Waals surface area contributed by atoms with E-state index < -0.39 is 12.1 Å². The third kappa shape index (κ3) is 6.09. The second-order valence-corrected chi connectivity index (χ2v) is 9.12. The number of rotatable bonds is 9. The van der Waals surface area contributed by atoms with Gasteiger partial charge in [-0.05, 0) is 54.7 Å². The van der Waals surface area contributed by atoms with Crippen LogP contribution in [0.3, 0.4) is 0 Å². The highest BCUT2D eigenvalue weighted by Gasteiger charge is 2.38. The molecule has 35 heavy (non-hydrogen) atoms. The average Bonchev–Trinajstić information content (AvgIpc) is 3.46. The van der Waals surface area contributed by atoms with E-state index >= 15 is 0 Å². The lowest BCUT2D eigenvalue weighted by atomic mass is 9.87. The topological polar surface area (TPSA) is 84.6 Å². The van der Waals surface area contributed by atoms with Crippen molar-refractivity contribution in [2.75, 3.05) is 31.1 Å². The Labute approximate surface area is 200 Å². The van der Waals surface area contributed by atoms with Gasteiger partial charge in [-0.3, -0.25) is 9.88 Å². The lowest BCUT2D eigenvalue weighted by Gasteiger charge is -2.30. The number of ether oxygens (including phenoxy) is 1. The molecule has 1 aromatic carbocycles. The van der Waals surface area contributed by atoms with Gasteiger partial charge in [-0.25, -0.2) is 4.79 Å². The standard InChI is InChI=1S/C24H26F3N5O3/c1-23(2,16-31-13-14-32(22(31)33)18-8-11-28-12-9-18)10-3-15-34-19-6-4-17(5-7-19)20-29-21(35-30-20)24(25,26)27/h4-9,11-12H,3,10,13-16H2,1-2H3. The van der Waals surface area contributed by atoms with Crippen molar-refractivity contribution in [2.45, 2.75) is 32.9 Å². The number of benzene rings is 1. The van der Waals surface area contributed by atoms with Crippen molar-refractivity contribution >= 4 is 11.7 Å². The first-order chi connectivity index (χ1) is 16.6. The van der Waals surface area contributed by atoms with Crippen LogP contribution in [0.2, 0.25) is 0 Å². The van der Waals surface area contributed by atoms with Crippen LogP contribution in [0.4, 0.5) is 23.7 Å². The first-order valence-electron chi connectivity index (χ1n) is 11.2. The Morgan fingerprint density at radius 2 is 1.77 bits per heavy atom. The van der Waals surface area contributed by atoms with Crippen molar-refractivity contribution in [3.63, 3.8) is 0 Å². The van der Waals surface area contributed by atoms with Crippen molar-refractivity contribution < 1.29 is 27.2 Å². The number of amides is 2. The zero-order chi connectivity index (χ0) is 25.1. The molecule has 8 nitrogen and oxygen atoms in total. The SMILES string of the molecule is CC(C)(CCCOc1ccc(-c2noc(C(F)(F)F)n2)cc1)CN1CCN(c2ccncc2)C1=O. The van der Waals surface area contributed by atoms with Gasteiger partial charge in [0, 0.05) is 43.3 Å². The summed E-state index contributed by atoms with van der Waals surface area (Å²) in [5.74, 6) is -0.922. The summed E-state index contributed by atoms with van der Waals surface area (Å²) in [7, 11) is 0. The van der Waals surface area contributed by atoms with Gasteiger partial charge in [-0.15, -0.1) is 0 Å².